The van der Waals surface area contributed by atoms with E-state index in [2.05, 4.69) is 36.4 Å². The minimum atomic E-state index is -6.24. The Hall–Kier alpha value is -2.29. The van der Waals surface area contributed by atoms with Gasteiger partial charge < -0.3 is 0 Å². The number of rotatable bonds is 14. The Bertz CT molecular complexity index is 2280. The molecule has 0 aromatic heterocycles. The molecule has 12 rings (SSSR count). The average molecular weight is 1150 g/mol. The number of alkyl halides is 3. The SMILES string of the molecule is O=S(=O)(OS(c1c(C2CCCCC2)cc(C2CCCCC2)cc1C1CCCCC1)(c1c(C2CCCCC2)cc(C2CCCCC2)cc1C1CCCCC1)c1c(C2CCCCC2)cc(C2CCCCC2)cc1C1CCCCC1)C(F)(F)F. The molecule has 0 amide bonds. The van der Waals surface area contributed by atoms with Crippen LogP contribution < -0.4 is 0 Å². The Morgan fingerprint density at radius 1 is 0.272 bits per heavy atom. The van der Waals surface area contributed by atoms with Gasteiger partial charge in [-0.05, 0) is 229 Å². The first-order valence-electron chi connectivity index (χ1n) is 35.0. The lowest BCUT2D eigenvalue weighted by atomic mass is 9.75. The molecule has 0 N–H and O–H groups in total. The van der Waals surface area contributed by atoms with Crippen LogP contribution >= 0.6 is 10.3 Å². The fraction of sp³-hybridized carbons (Fsp3) is 0.753. The van der Waals surface area contributed by atoms with Gasteiger partial charge in [-0.15, -0.1) is 0 Å². The van der Waals surface area contributed by atoms with Gasteiger partial charge in [-0.1, -0.05) is 210 Å². The van der Waals surface area contributed by atoms with Crippen LogP contribution in [-0.4, -0.2) is 13.9 Å². The van der Waals surface area contributed by atoms with E-state index in [9.17, 15) is 0 Å². The summed E-state index contributed by atoms with van der Waals surface area (Å²) in [6, 6.07) is 15.5. The quantitative estimate of drug-likeness (QED) is 0.151. The van der Waals surface area contributed by atoms with Crippen LogP contribution in [0.1, 0.15) is 392 Å². The molecule has 9 fully saturated rings. The maximum atomic E-state index is 16.9. The molecule has 0 heterocycles. The second-order valence-electron chi connectivity index (χ2n) is 28.6. The summed E-state index contributed by atoms with van der Waals surface area (Å²) in [5.41, 5.74) is 5.86. The minimum absolute atomic E-state index is 0.124. The van der Waals surface area contributed by atoms with Gasteiger partial charge in [0.2, 0.25) is 0 Å². The average Bonchev–Trinajstić information content (AvgIpc) is 3.66. The number of benzene rings is 3. The van der Waals surface area contributed by atoms with Gasteiger partial charge in [-0.3, -0.25) is 0 Å². The van der Waals surface area contributed by atoms with E-state index < -0.39 is 25.9 Å². The molecular weight excluding hydrogens is 1050 g/mol. The van der Waals surface area contributed by atoms with E-state index in [1.165, 1.54) is 146 Å². The van der Waals surface area contributed by atoms with Crippen LogP contribution in [0.3, 0.4) is 0 Å². The van der Waals surface area contributed by atoms with Crippen molar-refractivity contribution in [1.29, 1.82) is 0 Å². The van der Waals surface area contributed by atoms with Crippen molar-refractivity contribution in [3.63, 3.8) is 0 Å². The first-order chi connectivity index (χ1) is 39.6. The summed E-state index contributed by atoms with van der Waals surface area (Å²) >= 11 is 0. The predicted molar refractivity (Wildman–Crippen MR) is 330 cm³/mol. The lowest BCUT2D eigenvalue weighted by molar-refractivity contribution is -0.0496. The molecule has 9 saturated carbocycles. The third-order valence-corrected chi connectivity index (χ3v) is 28.6. The van der Waals surface area contributed by atoms with E-state index in [0.717, 1.165) is 207 Å². The van der Waals surface area contributed by atoms with Gasteiger partial charge in [0, 0.05) is 14.7 Å². The molecular formula is C73H105F3O3S2. The molecule has 0 spiro atoms. The fourth-order valence-corrected chi connectivity index (χ4v) is 25.1. The summed E-state index contributed by atoms with van der Waals surface area (Å²) in [6.07, 6.45) is 49.8. The van der Waals surface area contributed by atoms with Gasteiger partial charge in [0.1, 0.15) is 0 Å². The first kappa shape index (κ1) is 59.1. The third-order valence-electron chi connectivity index (χ3n) is 23.3. The molecule has 81 heavy (non-hydrogen) atoms. The minimum Gasteiger partial charge on any atom is -0.200 e. The Labute approximate surface area is 491 Å². The van der Waals surface area contributed by atoms with Crippen molar-refractivity contribution in [2.75, 3.05) is 0 Å². The lowest BCUT2D eigenvalue weighted by Crippen LogP contribution is -2.32. The lowest BCUT2D eigenvalue weighted by Gasteiger charge is -2.51. The predicted octanol–water partition coefficient (Wildman–Crippen LogP) is 24.2. The molecule has 3 aromatic carbocycles. The standard InChI is InChI=1S/C73H105F3O3S2/c74-73(75,76)81(77,78)79-80(70-64(55-34-16-4-17-35-55)46-61(52-28-10-1-11-29-52)47-65(70)56-36-18-5-19-37-56,71-66(57-38-20-6-21-39-57)48-62(53-30-12-2-13-31-53)49-67(71)58-40-22-7-23-41-58)72-68(59-42-24-8-25-43-59)50-63(54-32-14-3-15-33-54)51-69(72)60-44-26-9-27-45-60/h46-60H,1-45H2. The molecule has 3 aromatic rings. The van der Waals surface area contributed by atoms with Gasteiger partial charge in [0.05, 0.1) is 0 Å². The van der Waals surface area contributed by atoms with Crippen LogP contribution in [0.25, 0.3) is 0 Å². The third kappa shape index (κ3) is 12.8. The number of hydrogen-bond donors (Lipinski definition) is 0. The molecule has 0 atom stereocenters. The van der Waals surface area contributed by atoms with E-state index in [1.807, 2.05) is 0 Å². The fourth-order valence-electron chi connectivity index (χ4n) is 19.0. The van der Waals surface area contributed by atoms with Gasteiger partial charge >= 0.3 is 15.6 Å². The maximum absolute atomic E-state index is 16.9. The van der Waals surface area contributed by atoms with E-state index >= 15 is 21.6 Å². The zero-order chi connectivity index (χ0) is 55.4. The van der Waals surface area contributed by atoms with E-state index in [-0.39, 0.29) is 35.5 Å². The van der Waals surface area contributed by atoms with Crippen LogP contribution in [0.15, 0.2) is 51.1 Å². The molecule has 9 aliphatic rings. The van der Waals surface area contributed by atoms with Crippen molar-refractivity contribution in [2.24, 2.45) is 0 Å². The molecule has 0 radical (unpaired) electrons. The van der Waals surface area contributed by atoms with Gasteiger partial charge in [-0.2, -0.15) is 25.2 Å². The summed E-state index contributed by atoms with van der Waals surface area (Å²) in [5.74, 6) is 1.95. The summed E-state index contributed by atoms with van der Waals surface area (Å²) in [7, 11) is -10.0. The molecule has 448 valence electrons. The second kappa shape index (κ2) is 26.8. The smallest absolute Gasteiger partial charge is 0.200 e. The highest BCUT2D eigenvalue weighted by molar-refractivity contribution is 8.33. The highest BCUT2D eigenvalue weighted by Crippen LogP contribution is 2.79. The zero-order valence-electron chi connectivity index (χ0n) is 50.2. The first-order valence-corrected chi connectivity index (χ1v) is 37.9. The van der Waals surface area contributed by atoms with Crippen LogP contribution in [0.5, 0.6) is 0 Å². The van der Waals surface area contributed by atoms with Crippen molar-refractivity contribution >= 4 is 20.4 Å². The Morgan fingerprint density at radius 2 is 0.432 bits per heavy atom. The maximum Gasteiger partial charge on any atom is 0.524 e. The summed E-state index contributed by atoms with van der Waals surface area (Å²) < 4.78 is 90.1. The summed E-state index contributed by atoms with van der Waals surface area (Å²) in [6.45, 7) is 0. The van der Waals surface area contributed by atoms with Gasteiger partial charge in [-0.25, -0.2) is 0 Å². The highest BCUT2D eigenvalue weighted by atomic mass is 32.3. The molecule has 0 saturated heterocycles. The summed E-state index contributed by atoms with van der Waals surface area (Å²) in [4.78, 5) is 2.94. The largest absolute Gasteiger partial charge is 0.524 e. The molecule has 0 unspecified atom stereocenters. The van der Waals surface area contributed by atoms with E-state index in [4.69, 9.17) is 3.63 Å². The van der Waals surface area contributed by atoms with Crippen molar-refractivity contribution in [2.45, 2.75) is 362 Å². The summed E-state index contributed by atoms with van der Waals surface area (Å²) in [5, 5.41) is 0. The van der Waals surface area contributed by atoms with Crippen molar-refractivity contribution < 1.29 is 25.2 Å². The monoisotopic (exact) mass is 1150 g/mol. The topological polar surface area (TPSA) is 43.4 Å². The van der Waals surface area contributed by atoms with Crippen molar-refractivity contribution in [3.05, 3.63) is 86.5 Å². The Kier molecular flexibility index (Phi) is 19.5. The van der Waals surface area contributed by atoms with Crippen LogP contribution in [0.2, 0.25) is 0 Å². The Morgan fingerprint density at radius 3 is 0.593 bits per heavy atom. The number of hydrogen-bond acceptors (Lipinski definition) is 3. The van der Waals surface area contributed by atoms with Crippen LogP contribution in [0.4, 0.5) is 13.2 Å². The van der Waals surface area contributed by atoms with Gasteiger partial charge in [0.15, 0.2) is 0 Å². The number of halogens is 3. The molecule has 0 bridgehead atoms. The Balaban J connectivity index is 1.33. The van der Waals surface area contributed by atoms with Crippen LogP contribution in [-0.2, 0) is 13.7 Å². The zero-order valence-corrected chi connectivity index (χ0v) is 51.8. The molecule has 0 aliphatic heterocycles. The van der Waals surface area contributed by atoms with Gasteiger partial charge in [0.25, 0.3) is 0 Å². The second-order valence-corrected chi connectivity index (χ2v) is 32.9. The molecule has 8 heteroatoms. The van der Waals surface area contributed by atoms with Crippen LogP contribution in [0, 0.1) is 0 Å². The normalized spacial score (nSPS) is 24.9. The van der Waals surface area contributed by atoms with Crippen molar-refractivity contribution in [3.8, 4) is 0 Å². The van der Waals surface area contributed by atoms with E-state index in [1.54, 1.807) is 0 Å². The molecule has 9 aliphatic carbocycles. The highest BCUT2D eigenvalue weighted by Gasteiger charge is 2.57. The van der Waals surface area contributed by atoms with Crippen molar-refractivity contribution in [1.82, 2.24) is 0 Å². The van der Waals surface area contributed by atoms with E-state index in [0.29, 0.717) is 17.8 Å². The molecule has 3 nitrogen and oxygen atoms in total.